The van der Waals surface area contributed by atoms with Crippen LogP contribution in [-0.4, -0.2) is 9.97 Å². The van der Waals surface area contributed by atoms with Crippen LogP contribution >= 0.6 is 0 Å². The van der Waals surface area contributed by atoms with E-state index in [1.54, 1.807) is 0 Å². The zero-order valence-corrected chi connectivity index (χ0v) is 19.5. The summed E-state index contributed by atoms with van der Waals surface area (Å²) in [6, 6.07) is 46.0. The lowest BCUT2D eigenvalue weighted by Crippen LogP contribution is -2.25. The zero-order chi connectivity index (χ0) is 23.9. The van der Waals surface area contributed by atoms with Gasteiger partial charge in [-0.15, -0.1) is 0 Å². The van der Waals surface area contributed by atoms with E-state index in [2.05, 4.69) is 119 Å². The third-order valence-corrected chi connectivity index (χ3v) is 6.58. The van der Waals surface area contributed by atoms with Crippen LogP contribution in [0.5, 0.6) is 0 Å². The van der Waals surface area contributed by atoms with Gasteiger partial charge in [-0.3, -0.25) is 4.90 Å². The monoisotopic (exact) mass is 462 g/mol. The first kappa shape index (κ1) is 20.4. The van der Waals surface area contributed by atoms with Crippen molar-refractivity contribution in [1.82, 2.24) is 9.97 Å². The van der Waals surface area contributed by atoms with Crippen LogP contribution < -0.4 is 9.80 Å². The summed E-state index contributed by atoms with van der Waals surface area (Å²) in [5.41, 5.74) is 8.27. The molecular weight excluding hydrogens is 440 g/mol. The highest BCUT2D eigenvalue weighted by atomic mass is 15.3. The first-order chi connectivity index (χ1) is 17.9. The molecule has 0 atom stereocenters. The van der Waals surface area contributed by atoms with Crippen molar-refractivity contribution in [2.75, 3.05) is 9.80 Å². The fraction of sp³-hybridized carbons (Fsp3) is 0. The molecule has 1 aromatic heterocycles. The molecule has 36 heavy (non-hydrogen) atoms. The summed E-state index contributed by atoms with van der Waals surface area (Å²) in [6.45, 7) is 0. The standard InChI is InChI=1S/C32H22N4/c1-3-13-23(14-4-1)31-25-17-7-8-18-26(25)33-32(34-31)36-29-21-11-9-19-27(29)35(24-15-5-2-6-16-24)28-20-10-12-22-30(28)36/h1-22H. The van der Waals surface area contributed by atoms with Gasteiger partial charge < -0.3 is 4.90 Å². The highest BCUT2D eigenvalue weighted by Gasteiger charge is 2.31. The van der Waals surface area contributed by atoms with Crippen molar-refractivity contribution in [3.63, 3.8) is 0 Å². The van der Waals surface area contributed by atoms with E-state index in [-0.39, 0.29) is 0 Å². The molecule has 0 unspecified atom stereocenters. The summed E-state index contributed by atoms with van der Waals surface area (Å²) < 4.78 is 0. The summed E-state index contributed by atoms with van der Waals surface area (Å²) >= 11 is 0. The average molecular weight is 463 g/mol. The number of anilines is 6. The van der Waals surface area contributed by atoms with Gasteiger partial charge in [-0.05, 0) is 42.5 Å². The summed E-state index contributed by atoms with van der Waals surface area (Å²) in [6.07, 6.45) is 0. The van der Waals surface area contributed by atoms with Crippen molar-refractivity contribution >= 4 is 45.3 Å². The van der Waals surface area contributed by atoms with Gasteiger partial charge in [0.25, 0.3) is 0 Å². The van der Waals surface area contributed by atoms with Gasteiger partial charge in [0.1, 0.15) is 0 Å². The Morgan fingerprint density at radius 1 is 0.417 bits per heavy atom. The summed E-state index contributed by atoms with van der Waals surface area (Å²) in [5, 5.41) is 1.04. The van der Waals surface area contributed by atoms with Gasteiger partial charge in [0, 0.05) is 16.6 Å². The molecule has 0 fully saturated rings. The first-order valence-corrected chi connectivity index (χ1v) is 12.0. The molecule has 6 aromatic rings. The smallest absolute Gasteiger partial charge is 0.235 e. The minimum absolute atomic E-state index is 0.653. The van der Waals surface area contributed by atoms with Gasteiger partial charge in [-0.1, -0.05) is 91.0 Å². The van der Waals surface area contributed by atoms with Crippen LogP contribution in [0.15, 0.2) is 133 Å². The molecule has 4 heteroatoms. The maximum absolute atomic E-state index is 5.19. The molecule has 4 nitrogen and oxygen atoms in total. The largest absolute Gasteiger partial charge is 0.306 e. The molecule has 5 aromatic carbocycles. The van der Waals surface area contributed by atoms with Crippen LogP contribution in [0.1, 0.15) is 0 Å². The number of aromatic nitrogens is 2. The zero-order valence-electron chi connectivity index (χ0n) is 19.5. The Morgan fingerprint density at radius 3 is 1.56 bits per heavy atom. The molecule has 0 N–H and O–H groups in total. The fourth-order valence-corrected chi connectivity index (χ4v) is 5.00. The van der Waals surface area contributed by atoms with Gasteiger partial charge in [0.15, 0.2) is 0 Å². The van der Waals surface area contributed by atoms with E-state index < -0.39 is 0 Å². The van der Waals surface area contributed by atoms with E-state index in [1.165, 1.54) is 0 Å². The lowest BCUT2D eigenvalue weighted by atomic mass is 10.1. The molecular formula is C32H22N4. The normalized spacial score (nSPS) is 12.3. The molecule has 1 aliphatic rings. The predicted octanol–water partition coefficient (Wildman–Crippen LogP) is 8.55. The first-order valence-electron chi connectivity index (χ1n) is 12.0. The molecule has 0 bridgehead atoms. The van der Waals surface area contributed by atoms with E-state index in [0.717, 1.165) is 50.6 Å². The van der Waals surface area contributed by atoms with Crippen LogP contribution in [0.2, 0.25) is 0 Å². The number of hydrogen-bond donors (Lipinski definition) is 0. The van der Waals surface area contributed by atoms with E-state index in [9.17, 15) is 0 Å². The van der Waals surface area contributed by atoms with Gasteiger partial charge >= 0.3 is 0 Å². The second kappa shape index (κ2) is 8.36. The number of benzene rings is 5. The minimum atomic E-state index is 0.653. The average Bonchev–Trinajstić information content (AvgIpc) is 2.96. The number of para-hydroxylation sites is 6. The molecule has 0 amide bonds. The topological polar surface area (TPSA) is 32.3 Å². The molecule has 170 valence electrons. The van der Waals surface area contributed by atoms with Crippen molar-refractivity contribution in [1.29, 1.82) is 0 Å². The lowest BCUT2D eigenvalue weighted by Gasteiger charge is -2.39. The van der Waals surface area contributed by atoms with Crippen LogP contribution in [0.25, 0.3) is 22.2 Å². The minimum Gasteiger partial charge on any atom is -0.306 e. The Hall–Kier alpha value is -4.96. The highest BCUT2D eigenvalue weighted by molar-refractivity contribution is 6.01. The molecule has 0 aliphatic carbocycles. The third kappa shape index (κ3) is 3.23. The molecule has 7 rings (SSSR count). The Bertz CT molecular complexity index is 1650. The van der Waals surface area contributed by atoms with Gasteiger partial charge in [-0.2, -0.15) is 0 Å². The fourth-order valence-electron chi connectivity index (χ4n) is 5.00. The number of fused-ring (bicyclic) bond motifs is 3. The summed E-state index contributed by atoms with van der Waals surface area (Å²) in [7, 11) is 0. The Labute approximate surface area is 209 Å². The molecule has 0 radical (unpaired) electrons. The van der Waals surface area contributed by atoms with Crippen LogP contribution in [0, 0.1) is 0 Å². The van der Waals surface area contributed by atoms with Crippen molar-refractivity contribution in [3.05, 3.63) is 133 Å². The predicted molar refractivity (Wildman–Crippen MR) is 148 cm³/mol. The van der Waals surface area contributed by atoms with Crippen molar-refractivity contribution in [3.8, 4) is 11.3 Å². The number of hydrogen-bond acceptors (Lipinski definition) is 4. The van der Waals surface area contributed by atoms with E-state index in [1.807, 2.05) is 24.3 Å². The van der Waals surface area contributed by atoms with Crippen LogP contribution in [0.4, 0.5) is 34.4 Å². The maximum atomic E-state index is 5.19. The molecule has 2 heterocycles. The maximum Gasteiger partial charge on any atom is 0.235 e. The highest BCUT2D eigenvalue weighted by Crippen LogP contribution is 2.53. The Balaban J connectivity index is 1.51. The lowest BCUT2D eigenvalue weighted by molar-refractivity contribution is 1.08. The second-order valence-corrected chi connectivity index (χ2v) is 8.74. The third-order valence-electron chi connectivity index (χ3n) is 6.58. The molecule has 1 aliphatic heterocycles. The van der Waals surface area contributed by atoms with E-state index in [4.69, 9.17) is 9.97 Å². The number of rotatable bonds is 3. The van der Waals surface area contributed by atoms with Crippen molar-refractivity contribution in [2.24, 2.45) is 0 Å². The number of nitrogens with zero attached hydrogens (tertiary/aromatic N) is 4. The summed E-state index contributed by atoms with van der Waals surface area (Å²) in [5.74, 6) is 0.653. The van der Waals surface area contributed by atoms with Gasteiger partial charge in [0.2, 0.25) is 5.95 Å². The summed E-state index contributed by atoms with van der Waals surface area (Å²) in [4.78, 5) is 14.8. The van der Waals surface area contributed by atoms with Gasteiger partial charge in [-0.25, -0.2) is 9.97 Å². The van der Waals surface area contributed by atoms with E-state index >= 15 is 0 Å². The molecule has 0 saturated carbocycles. The van der Waals surface area contributed by atoms with Crippen LogP contribution in [-0.2, 0) is 0 Å². The Kier molecular flexibility index (Phi) is 4.74. The van der Waals surface area contributed by atoms with Crippen molar-refractivity contribution in [2.45, 2.75) is 0 Å². The van der Waals surface area contributed by atoms with Gasteiger partial charge in [0.05, 0.1) is 34.0 Å². The van der Waals surface area contributed by atoms with E-state index in [0.29, 0.717) is 5.95 Å². The molecule has 0 saturated heterocycles. The quantitative estimate of drug-likeness (QED) is 0.263. The SMILES string of the molecule is c1ccc(-c2nc(N3c4ccccc4N(c4ccccc4)c4ccccc43)nc3ccccc23)cc1. The van der Waals surface area contributed by atoms with Crippen LogP contribution in [0.3, 0.4) is 0 Å². The second-order valence-electron chi connectivity index (χ2n) is 8.74. The Morgan fingerprint density at radius 2 is 0.917 bits per heavy atom. The van der Waals surface area contributed by atoms with Crippen molar-refractivity contribution < 1.29 is 0 Å². The molecule has 0 spiro atoms.